The molecular weight excluding hydrogens is 240 g/mol. The van der Waals surface area contributed by atoms with Crippen molar-refractivity contribution in [1.82, 2.24) is 10.6 Å². The van der Waals surface area contributed by atoms with Gasteiger partial charge in [0.25, 0.3) is 0 Å². The van der Waals surface area contributed by atoms with Crippen LogP contribution in [0.5, 0.6) is 0 Å². The van der Waals surface area contributed by atoms with Crippen molar-refractivity contribution in [3.63, 3.8) is 0 Å². The van der Waals surface area contributed by atoms with Gasteiger partial charge in [0.2, 0.25) is 5.91 Å². The summed E-state index contributed by atoms with van der Waals surface area (Å²) in [5, 5.41) is 6.55. The van der Waals surface area contributed by atoms with E-state index < -0.39 is 5.54 Å². The number of hydrogen-bond acceptors (Lipinski definition) is 3. The summed E-state index contributed by atoms with van der Waals surface area (Å²) in [5.74, 6) is 0.798. The summed E-state index contributed by atoms with van der Waals surface area (Å²) >= 11 is 0. The van der Waals surface area contributed by atoms with Gasteiger partial charge in [-0.15, -0.1) is 0 Å². The van der Waals surface area contributed by atoms with Crippen LogP contribution in [0.25, 0.3) is 0 Å². The van der Waals surface area contributed by atoms with Crippen LogP contribution >= 0.6 is 0 Å². The van der Waals surface area contributed by atoms with Gasteiger partial charge in [0, 0.05) is 19.2 Å². The molecule has 4 heteroatoms. The minimum Gasteiger partial charge on any atom is -0.377 e. The second-order valence-corrected chi connectivity index (χ2v) is 6.60. The molecule has 2 atom stereocenters. The maximum Gasteiger partial charge on any atom is 0.239 e. The molecule has 4 nitrogen and oxygen atoms in total. The molecule has 1 saturated carbocycles. The highest BCUT2D eigenvalue weighted by Gasteiger charge is 2.34. The van der Waals surface area contributed by atoms with Crippen molar-refractivity contribution in [2.24, 2.45) is 5.92 Å². The molecule has 1 aliphatic heterocycles. The highest BCUT2D eigenvalue weighted by atomic mass is 16.5. The molecular formula is C15H28N2O2. The molecule has 2 aliphatic rings. The van der Waals surface area contributed by atoms with Crippen molar-refractivity contribution in [1.29, 1.82) is 0 Å². The van der Waals surface area contributed by atoms with Crippen molar-refractivity contribution in [2.75, 3.05) is 13.2 Å². The van der Waals surface area contributed by atoms with Crippen LogP contribution in [-0.2, 0) is 9.53 Å². The SMILES string of the molecule is C[C@H]1OCC[C@H]1NC(C)(C)C(=O)NCC1CCCC1. The highest BCUT2D eigenvalue weighted by molar-refractivity contribution is 5.85. The van der Waals surface area contributed by atoms with E-state index in [9.17, 15) is 4.79 Å². The lowest BCUT2D eigenvalue weighted by molar-refractivity contribution is -0.127. The van der Waals surface area contributed by atoms with Gasteiger partial charge in [0.15, 0.2) is 0 Å². The van der Waals surface area contributed by atoms with E-state index >= 15 is 0 Å². The third-order valence-corrected chi connectivity index (χ3v) is 4.52. The van der Waals surface area contributed by atoms with E-state index in [1.807, 2.05) is 13.8 Å². The predicted molar refractivity (Wildman–Crippen MR) is 76.0 cm³/mol. The maximum absolute atomic E-state index is 12.3. The van der Waals surface area contributed by atoms with Gasteiger partial charge in [-0.25, -0.2) is 0 Å². The first-order chi connectivity index (χ1) is 8.99. The third-order valence-electron chi connectivity index (χ3n) is 4.52. The average Bonchev–Trinajstić information content (AvgIpc) is 2.98. The number of carbonyl (C=O) groups excluding carboxylic acids is 1. The van der Waals surface area contributed by atoms with Crippen LogP contribution in [0.1, 0.15) is 52.9 Å². The summed E-state index contributed by atoms with van der Waals surface area (Å²) in [7, 11) is 0. The summed E-state index contributed by atoms with van der Waals surface area (Å²) in [6, 6.07) is 0.284. The zero-order valence-corrected chi connectivity index (χ0v) is 12.5. The van der Waals surface area contributed by atoms with Crippen LogP contribution < -0.4 is 10.6 Å². The normalized spacial score (nSPS) is 28.8. The predicted octanol–water partition coefficient (Wildman–Crippen LogP) is 1.84. The molecule has 0 radical (unpaired) electrons. The van der Waals surface area contributed by atoms with Crippen LogP contribution in [-0.4, -0.2) is 36.7 Å². The Balaban J connectivity index is 1.78. The number of nitrogens with one attached hydrogen (secondary N) is 2. The van der Waals surface area contributed by atoms with Crippen molar-refractivity contribution in [3.8, 4) is 0 Å². The molecule has 1 amide bonds. The van der Waals surface area contributed by atoms with Crippen LogP contribution in [0.15, 0.2) is 0 Å². The van der Waals surface area contributed by atoms with E-state index in [4.69, 9.17) is 4.74 Å². The molecule has 0 spiro atoms. The molecule has 19 heavy (non-hydrogen) atoms. The highest BCUT2D eigenvalue weighted by Crippen LogP contribution is 2.24. The van der Waals surface area contributed by atoms with Crippen molar-refractivity contribution in [2.45, 2.75) is 70.6 Å². The van der Waals surface area contributed by atoms with E-state index in [-0.39, 0.29) is 18.1 Å². The van der Waals surface area contributed by atoms with Crippen LogP contribution in [0, 0.1) is 5.92 Å². The second kappa shape index (κ2) is 6.23. The maximum atomic E-state index is 12.3. The Morgan fingerprint density at radius 1 is 1.26 bits per heavy atom. The van der Waals surface area contributed by atoms with Gasteiger partial charge >= 0.3 is 0 Å². The Hall–Kier alpha value is -0.610. The molecule has 2 fully saturated rings. The summed E-state index contributed by atoms with van der Waals surface area (Å²) in [4.78, 5) is 12.3. The van der Waals surface area contributed by atoms with Gasteiger partial charge in [-0.1, -0.05) is 12.8 Å². The summed E-state index contributed by atoms with van der Waals surface area (Å²) in [5.41, 5.74) is -0.523. The molecule has 2 N–H and O–H groups in total. The minimum atomic E-state index is -0.523. The fraction of sp³-hybridized carbons (Fsp3) is 0.933. The van der Waals surface area contributed by atoms with Crippen LogP contribution in [0.2, 0.25) is 0 Å². The molecule has 0 unspecified atom stereocenters. The Labute approximate surface area is 116 Å². The Kier molecular flexibility index (Phi) is 4.85. The molecule has 0 aromatic rings. The second-order valence-electron chi connectivity index (χ2n) is 6.60. The third kappa shape index (κ3) is 3.93. The van der Waals surface area contributed by atoms with Crippen LogP contribution in [0.4, 0.5) is 0 Å². The monoisotopic (exact) mass is 268 g/mol. The summed E-state index contributed by atoms with van der Waals surface area (Å²) < 4.78 is 5.54. The number of ether oxygens (including phenoxy) is 1. The standard InChI is InChI=1S/C15H28N2O2/c1-11-13(8-9-19-11)17-15(2,3)14(18)16-10-12-6-4-5-7-12/h11-13,17H,4-10H2,1-3H3,(H,16,18)/t11-,13-/m1/s1. The molecule has 1 aliphatic carbocycles. The fourth-order valence-electron chi connectivity index (χ4n) is 3.12. The van der Waals surface area contributed by atoms with Gasteiger partial charge in [-0.2, -0.15) is 0 Å². The quantitative estimate of drug-likeness (QED) is 0.800. The Morgan fingerprint density at radius 2 is 1.95 bits per heavy atom. The molecule has 1 heterocycles. The lowest BCUT2D eigenvalue weighted by Crippen LogP contribution is -2.57. The Morgan fingerprint density at radius 3 is 2.53 bits per heavy atom. The van der Waals surface area contributed by atoms with E-state index in [2.05, 4.69) is 17.6 Å². The first-order valence-electron chi connectivity index (χ1n) is 7.66. The topological polar surface area (TPSA) is 50.4 Å². The molecule has 110 valence electrons. The van der Waals surface area contributed by atoms with Crippen molar-refractivity contribution < 1.29 is 9.53 Å². The van der Waals surface area contributed by atoms with E-state index in [0.717, 1.165) is 19.6 Å². The first-order valence-corrected chi connectivity index (χ1v) is 7.66. The van der Waals surface area contributed by atoms with Crippen LogP contribution in [0.3, 0.4) is 0 Å². The number of amides is 1. The van der Waals surface area contributed by atoms with E-state index in [1.165, 1.54) is 25.7 Å². The van der Waals surface area contributed by atoms with Gasteiger partial charge in [0.05, 0.1) is 11.6 Å². The van der Waals surface area contributed by atoms with E-state index in [1.54, 1.807) is 0 Å². The number of rotatable bonds is 5. The summed E-state index contributed by atoms with van der Waals surface area (Å²) in [6.45, 7) is 7.61. The van der Waals surface area contributed by atoms with E-state index in [0.29, 0.717) is 5.92 Å². The molecule has 0 bridgehead atoms. The van der Waals surface area contributed by atoms with Gasteiger partial charge < -0.3 is 10.1 Å². The molecule has 2 rings (SSSR count). The average molecular weight is 268 g/mol. The van der Waals surface area contributed by atoms with Crippen molar-refractivity contribution in [3.05, 3.63) is 0 Å². The minimum absolute atomic E-state index is 0.110. The zero-order valence-electron chi connectivity index (χ0n) is 12.5. The molecule has 0 aromatic heterocycles. The zero-order chi connectivity index (χ0) is 13.9. The lowest BCUT2D eigenvalue weighted by Gasteiger charge is -2.30. The number of carbonyl (C=O) groups is 1. The van der Waals surface area contributed by atoms with Gasteiger partial charge in [-0.05, 0) is 46.0 Å². The van der Waals surface area contributed by atoms with Gasteiger partial charge in [0.1, 0.15) is 0 Å². The van der Waals surface area contributed by atoms with Crippen molar-refractivity contribution >= 4 is 5.91 Å². The summed E-state index contributed by atoms with van der Waals surface area (Å²) in [6.07, 6.45) is 6.35. The molecule has 1 saturated heterocycles. The fourth-order valence-corrected chi connectivity index (χ4v) is 3.12. The first kappa shape index (κ1) is 14.8. The van der Waals surface area contributed by atoms with Gasteiger partial charge in [-0.3, -0.25) is 10.1 Å². The largest absolute Gasteiger partial charge is 0.377 e. The molecule has 0 aromatic carbocycles. The smallest absolute Gasteiger partial charge is 0.239 e. The lowest BCUT2D eigenvalue weighted by atomic mass is 9.99. The Bertz CT molecular complexity index is 311. The number of hydrogen-bond donors (Lipinski definition) is 2.